The summed E-state index contributed by atoms with van der Waals surface area (Å²) in [4.78, 5) is 28.5. The van der Waals surface area contributed by atoms with Gasteiger partial charge in [-0.3, -0.25) is 9.78 Å². The van der Waals surface area contributed by atoms with E-state index in [1.54, 1.807) is 12.4 Å². The first-order valence-corrected chi connectivity index (χ1v) is 9.97. The summed E-state index contributed by atoms with van der Waals surface area (Å²) in [5, 5.41) is 0.821. The monoisotopic (exact) mass is 399 g/mol. The SMILES string of the molecule is C#Cc1ccc(CN(C(=O)c2cnc3nc(N)c4c(c3c2)COC4C)C2CC2)nc1. The van der Waals surface area contributed by atoms with E-state index in [0.29, 0.717) is 30.2 Å². The highest BCUT2D eigenvalue weighted by Crippen LogP contribution is 2.38. The Morgan fingerprint density at radius 2 is 2.17 bits per heavy atom. The Labute approximate surface area is 174 Å². The van der Waals surface area contributed by atoms with Crippen LogP contribution in [-0.4, -0.2) is 31.8 Å². The Hall–Kier alpha value is -3.50. The largest absolute Gasteiger partial charge is 0.383 e. The number of carbonyl (C=O) groups excluding carboxylic acids is 1. The molecule has 1 aliphatic carbocycles. The standard InChI is InChI=1S/C23H21N5O2/c1-3-14-4-5-16(25-9-14)11-28(17-6-7-17)23(29)15-8-18-19-12-30-13(2)20(19)21(24)27-22(18)26-10-15/h1,4-5,8-10,13,17H,6-7,11-12H2,2H3,(H2,24,26,27). The lowest BCUT2D eigenvalue weighted by Crippen LogP contribution is -2.33. The fourth-order valence-electron chi connectivity index (χ4n) is 3.96. The molecule has 0 aromatic carbocycles. The van der Waals surface area contributed by atoms with E-state index in [1.807, 2.05) is 30.0 Å². The Bertz CT molecular complexity index is 1190. The molecule has 3 aromatic heterocycles. The molecule has 0 saturated heterocycles. The van der Waals surface area contributed by atoms with E-state index in [2.05, 4.69) is 20.9 Å². The molecule has 5 rings (SSSR count). The number of pyridine rings is 3. The maximum Gasteiger partial charge on any atom is 0.256 e. The Morgan fingerprint density at radius 3 is 2.87 bits per heavy atom. The second-order valence-corrected chi connectivity index (χ2v) is 7.78. The van der Waals surface area contributed by atoms with Gasteiger partial charge in [-0.15, -0.1) is 6.42 Å². The molecule has 1 amide bonds. The number of amides is 1. The minimum absolute atomic E-state index is 0.0627. The third-order valence-corrected chi connectivity index (χ3v) is 5.72. The molecule has 7 nitrogen and oxygen atoms in total. The zero-order valence-corrected chi connectivity index (χ0v) is 16.6. The van der Waals surface area contributed by atoms with E-state index in [0.717, 1.165) is 40.6 Å². The van der Waals surface area contributed by atoms with Crippen LogP contribution in [0, 0.1) is 12.3 Å². The number of carbonyl (C=O) groups is 1. The molecule has 4 heterocycles. The topological polar surface area (TPSA) is 94.2 Å². The van der Waals surface area contributed by atoms with Crippen LogP contribution < -0.4 is 5.73 Å². The van der Waals surface area contributed by atoms with E-state index in [4.69, 9.17) is 16.9 Å². The number of anilines is 1. The molecule has 2 aliphatic rings. The summed E-state index contributed by atoms with van der Waals surface area (Å²) in [6.07, 6.45) is 10.5. The molecule has 0 radical (unpaired) electrons. The molecule has 3 aromatic rings. The van der Waals surface area contributed by atoms with Crippen LogP contribution >= 0.6 is 0 Å². The first kappa shape index (κ1) is 18.5. The highest BCUT2D eigenvalue weighted by molar-refractivity contribution is 5.98. The molecule has 1 aliphatic heterocycles. The minimum atomic E-state index is -0.115. The highest BCUT2D eigenvalue weighted by Gasteiger charge is 2.34. The van der Waals surface area contributed by atoms with Gasteiger partial charge < -0.3 is 15.4 Å². The van der Waals surface area contributed by atoms with E-state index in [1.165, 1.54) is 0 Å². The fraction of sp³-hybridized carbons (Fsp3) is 0.304. The van der Waals surface area contributed by atoms with Crippen LogP contribution in [0.15, 0.2) is 30.6 Å². The number of aromatic nitrogens is 3. The number of nitrogens with two attached hydrogens (primary N) is 1. The first-order chi connectivity index (χ1) is 14.5. The second-order valence-electron chi connectivity index (χ2n) is 7.78. The van der Waals surface area contributed by atoms with Crippen molar-refractivity contribution in [3.8, 4) is 12.3 Å². The quantitative estimate of drug-likeness (QED) is 0.678. The number of ether oxygens (including phenoxy) is 1. The predicted octanol–water partition coefficient (Wildman–Crippen LogP) is 2.98. The summed E-state index contributed by atoms with van der Waals surface area (Å²) < 4.78 is 5.74. The molecule has 30 heavy (non-hydrogen) atoms. The van der Waals surface area contributed by atoms with Crippen molar-refractivity contribution in [3.05, 3.63) is 58.5 Å². The van der Waals surface area contributed by atoms with Crippen LogP contribution in [0.25, 0.3) is 11.0 Å². The average Bonchev–Trinajstić information content (AvgIpc) is 3.53. The molecule has 1 unspecified atom stereocenters. The van der Waals surface area contributed by atoms with E-state index < -0.39 is 0 Å². The number of nitrogens with zero attached hydrogens (tertiary/aromatic N) is 4. The molecule has 0 spiro atoms. The lowest BCUT2D eigenvalue weighted by atomic mass is 10.0. The third kappa shape index (κ3) is 3.15. The number of rotatable bonds is 4. The maximum atomic E-state index is 13.4. The van der Waals surface area contributed by atoms with Gasteiger partial charge in [0, 0.05) is 34.9 Å². The van der Waals surface area contributed by atoms with Crippen LogP contribution in [-0.2, 0) is 17.9 Å². The maximum absolute atomic E-state index is 13.4. The molecule has 0 bridgehead atoms. The van der Waals surface area contributed by atoms with Crippen LogP contribution in [0.3, 0.4) is 0 Å². The van der Waals surface area contributed by atoms with Crippen LogP contribution in [0.4, 0.5) is 5.82 Å². The number of terminal acetylenes is 1. The van der Waals surface area contributed by atoms with Gasteiger partial charge in [-0.1, -0.05) is 5.92 Å². The van der Waals surface area contributed by atoms with Gasteiger partial charge in [0.1, 0.15) is 5.82 Å². The van der Waals surface area contributed by atoms with E-state index >= 15 is 0 Å². The van der Waals surface area contributed by atoms with Gasteiger partial charge >= 0.3 is 0 Å². The number of nitrogen functional groups attached to an aromatic ring is 1. The van der Waals surface area contributed by atoms with Crippen molar-refractivity contribution in [2.75, 3.05) is 5.73 Å². The number of hydrogen-bond acceptors (Lipinski definition) is 6. The number of hydrogen-bond donors (Lipinski definition) is 1. The smallest absolute Gasteiger partial charge is 0.256 e. The summed E-state index contributed by atoms with van der Waals surface area (Å²) in [6.45, 7) is 2.83. The van der Waals surface area contributed by atoms with Gasteiger partial charge in [0.2, 0.25) is 0 Å². The van der Waals surface area contributed by atoms with E-state index in [9.17, 15) is 4.79 Å². The average molecular weight is 399 g/mol. The van der Waals surface area contributed by atoms with Crippen molar-refractivity contribution in [2.24, 2.45) is 0 Å². The zero-order valence-electron chi connectivity index (χ0n) is 16.6. The minimum Gasteiger partial charge on any atom is -0.383 e. The molecule has 7 heteroatoms. The van der Waals surface area contributed by atoms with Gasteiger partial charge in [0.15, 0.2) is 5.65 Å². The number of fused-ring (bicyclic) bond motifs is 3. The third-order valence-electron chi connectivity index (χ3n) is 5.72. The Morgan fingerprint density at radius 1 is 1.33 bits per heavy atom. The fourth-order valence-corrected chi connectivity index (χ4v) is 3.96. The van der Waals surface area contributed by atoms with Gasteiger partial charge in [-0.2, -0.15) is 0 Å². The molecule has 1 atom stereocenters. The van der Waals surface area contributed by atoms with Gasteiger partial charge in [0.05, 0.1) is 30.5 Å². The predicted molar refractivity (Wildman–Crippen MR) is 112 cm³/mol. The molecule has 2 N–H and O–H groups in total. The van der Waals surface area contributed by atoms with Gasteiger partial charge in [-0.25, -0.2) is 9.97 Å². The lowest BCUT2D eigenvalue weighted by molar-refractivity contribution is 0.0727. The van der Waals surface area contributed by atoms with E-state index in [-0.39, 0.29) is 18.1 Å². The normalized spacial score (nSPS) is 17.5. The summed E-state index contributed by atoms with van der Waals surface area (Å²) in [5.41, 5.74) is 10.6. The summed E-state index contributed by atoms with van der Waals surface area (Å²) in [7, 11) is 0. The zero-order chi connectivity index (χ0) is 20.8. The Balaban J connectivity index is 1.49. The van der Waals surface area contributed by atoms with Crippen molar-refractivity contribution >= 4 is 22.8 Å². The van der Waals surface area contributed by atoms with Crippen molar-refractivity contribution in [1.29, 1.82) is 0 Å². The van der Waals surface area contributed by atoms with Crippen molar-refractivity contribution < 1.29 is 9.53 Å². The first-order valence-electron chi connectivity index (χ1n) is 9.97. The van der Waals surface area contributed by atoms with Crippen LogP contribution in [0.1, 0.15) is 58.6 Å². The van der Waals surface area contributed by atoms with Gasteiger partial charge in [0.25, 0.3) is 5.91 Å². The molecular formula is C23H21N5O2. The lowest BCUT2D eigenvalue weighted by Gasteiger charge is -2.22. The van der Waals surface area contributed by atoms with Crippen molar-refractivity contribution in [3.63, 3.8) is 0 Å². The summed E-state index contributed by atoms with van der Waals surface area (Å²) in [6, 6.07) is 5.80. The summed E-state index contributed by atoms with van der Waals surface area (Å²) in [5.74, 6) is 2.94. The molecule has 1 saturated carbocycles. The van der Waals surface area contributed by atoms with Crippen molar-refractivity contribution in [1.82, 2.24) is 19.9 Å². The van der Waals surface area contributed by atoms with Crippen molar-refractivity contribution in [2.45, 2.75) is 45.1 Å². The van der Waals surface area contributed by atoms with Crippen LogP contribution in [0.2, 0.25) is 0 Å². The Kier molecular flexibility index (Phi) is 4.37. The molecule has 150 valence electrons. The second kappa shape index (κ2) is 7.08. The molecular weight excluding hydrogens is 378 g/mol. The highest BCUT2D eigenvalue weighted by atomic mass is 16.5. The van der Waals surface area contributed by atoms with Crippen LogP contribution in [0.5, 0.6) is 0 Å². The van der Waals surface area contributed by atoms with Gasteiger partial charge in [-0.05, 0) is 43.5 Å². The molecule has 1 fully saturated rings. The summed E-state index contributed by atoms with van der Waals surface area (Å²) >= 11 is 0.